The van der Waals surface area contributed by atoms with Crippen molar-refractivity contribution in [3.05, 3.63) is 121 Å². The molecule has 228 valence electrons. The molecule has 0 saturated carbocycles. The first kappa shape index (κ1) is 29.7. The molecule has 2 aliphatic heterocycles. The molecule has 0 aromatic heterocycles. The van der Waals surface area contributed by atoms with Gasteiger partial charge in [0, 0.05) is 22.7 Å². The molecule has 13 heteroatoms. The summed E-state index contributed by atoms with van der Waals surface area (Å²) in [7, 11) is 0. The normalized spacial score (nSPS) is 21.5. The maximum absolute atomic E-state index is 13.5. The summed E-state index contributed by atoms with van der Waals surface area (Å²) in [5, 5.41) is 10.8. The molecule has 0 aliphatic carbocycles. The molecule has 4 N–H and O–H groups in total. The minimum Gasteiger partial charge on any atom is -0.507 e. The highest BCUT2D eigenvalue weighted by molar-refractivity contribution is 6.56. The van der Waals surface area contributed by atoms with Crippen LogP contribution >= 0.6 is 0 Å². The summed E-state index contributed by atoms with van der Waals surface area (Å²) in [6.07, 6.45) is -6.32. The monoisotopic (exact) mass is 607 g/mol. The Hall–Kier alpha value is -5.34. The maximum Gasteiger partial charge on any atom is 0.533 e. The van der Waals surface area contributed by atoms with Crippen molar-refractivity contribution in [3.8, 4) is 0 Å². The highest BCUT2D eigenvalue weighted by Crippen LogP contribution is 2.37. The summed E-state index contributed by atoms with van der Waals surface area (Å²) in [6, 6.07) is 34.2. The van der Waals surface area contributed by atoms with Crippen LogP contribution < -0.4 is 21.3 Å². The Morgan fingerprint density at radius 2 is 0.578 bits per heavy atom. The van der Waals surface area contributed by atoms with Gasteiger partial charge >= 0.3 is 6.96 Å². The van der Waals surface area contributed by atoms with Crippen molar-refractivity contribution >= 4 is 53.3 Å². The third-order valence-corrected chi connectivity index (χ3v) is 7.00. The topological polar surface area (TPSA) is 153 Å². The smallest absolute Gasteiger partial charge is 0.507 e. The zero-order chi connectivity index (χ0) is 31.2. The molecule has 45 heavy (non-hydrogen) atoms. The Bertz CT molecular complexity index is 1410. The van der Waals surface area contributed by atoms with Crippen molar-refractivity contribution in [1.29, 1.82) is 0 Å². The van der Waals surface area contributed by atoms with Gasteiger partial charge in [0.25, 0.3) is 23.6 Å². The lowest BCUT2D eigenvalue weighted by Crippen LogP contribution is -2.43. The summed E-state index contributed by atoms with van der Waals surface area (Å²) in [6.45, 7) is -3.43. The molecule has 4 amide bonds. The molecular formula is C32H28BN4O8-. The van der Waals surface area contributed by atoms with Crippen molar-refractivity contribution in [2.45, 2.75) is 24.4 Å². The second-order valence-electron chi connectivity index (χ2n) is 10.2. The van der Waals surface area contributed by atoms with Crippen molar-refractivity contribution < 1.29 is 37.8 Å². The van der Waals surface area contributed by atoms with Crippen LogP contribution in [-0.2, 0) is 37.8 Å². The highest BCUT2D eigenvalue weighted by atomic mass is 16.9. The van der Waals surface area contributed by atoms with Crippen molar-refractivity contribution in [2.75, 3.05) is 21.3 Å². The number of para-hydroxylation sites is 4. The third-order valence-electron chi connectivity index (χ3n) is 7.00. The van der Waals surface area contributed by atoms with Gasteiger partial charge in [-0.25, -0.2) is 0 Å². The molecule has 4 aromatic carbocycles. The SMILES string of the molecule is O=C(Nc1ccccc1)[C@@H]1O[B-]2(O[C@H]1C(=O)Nc1ccccc1)O[C@@H](C(=O)Nc1ccccc1)[C@H](C(=O)Nc1ccccc1)O2. The molecule has 1 spiro atoms. The number of amides is 4. The molecule has 2 saturated heterocycles. The van der Waals surface area contributed by atoms with Crippen LogP contribution in [0.5, 0.6) is 0 Å². The molecular weight excluding hydrogens is 579 g/mol. The number of rotatable bonds is 8. The van der Waals surface area contributed by atoms with E-state index in [9.17, 15) is 19.2 Å². The lowest BCUT2D eigenvalue weighted by atomic mass is 10.1. The zero-order valence-electron chi connectivity index (χ0n) is 23.7. The number of benzene rings is 4. The van der Waals surface area contributed by atoms with Gasteiger partial charge in [0.1, 0.15) is 24.4 Å². The van der Waals surface area contributed by atoms with Gasteiger partial charge in [-0.1, -0.05) is 72.8 Å². The standard InChI is InChI=1S/C32H28BN4O8/c38-29(34-21-13-5-1-6-14-21)25-26(30(39)35-22-15-7-2-8-16-22)43-33(42-25)44-27(31(40)36-23-17-9-3-10-18-23)28(45-33)32(41)37-24-19-11-4-12-20-24/h1-20,25-28H,(H,34,38)(H,35,39)(H,36,40)(H,37,41)/q-1/t25-,26-,27-,28-/m1/s1. The minimum absolute atomic E-state index is 0.440. The van der Waals surface area contributed by atoms with Crippen molar-refractivity contribution in [3.63, 3.8) is 0 Å². The van der Waals surface area contributed by atoms with E-state index in [0.29, 0.717) is 22.7 Å². The first-order chi connectivity index (χ1) is 21.9. The molecule has 0 unspecified atom stereocenters. The first-order valence-electron chi connectivity index (χ1n) is 14.2. The molecule has 6 rings (SSSR count). The Labute approximate surface area is 258 Å². The number of anilines is 4. The van der Waals surface area contributed by atoms with E-state index in [1.807, 2.05) is 0 Å². The van der Waals surface area contributed by atoms with E-state index < -0.39 is 55.0 Å². The molecule has 2 fully saturated rings. The van der Waals surface area contributed by atoms with Gasteiger partial charge in [-0.2, -0.15) is 0 Å². The average Bonchev–Trinajstić information content (AvgIpc) is 3.64. The van der Waals surface area contributed by atoms with Crippen LogP contribution in [0.3, 0.4) is 0 Å². The maximum atomic E-state index is 13.5. The van der Waals surface area contributed by atoms with Crippen LogP contribution in [0, 0.1) is 0 Å². The van der Waals surface area contributed by atoms with E-state index >= 15 is 0 Å². The van der Waals surface area contributed by atoms with E-state index in [1.54, 1.807) is 121 Å². The molecule has 4 aromatic rings. The highest BCUT2D eigenvalue weighted by Gasteiger charge is 2.60. The van der Waals surface area contributed by atoms with Gasteiger partial charge in [-0.15, -0.1) is 0 Å². The Balaban J connectivity index is 1.29. The fraction of sp³-hybridized carbons (Fsp3) is 0.125. The molecule has 4 atom stereocenters. The van der Waals surface area contributed by atoms with Gasteiger partial charge in [-0.3, -0.25) is 19.2 Å². The van der Waals surface area contributed by atoms with E-state index in [-0.39, 0.29) is 0 Å². The van der Waals surface area contributed by atoms with Crippen LogP contribution in [0.15, 0.2) is 121 Å². The molecule has 0 bridgehead atoms. The van der Waals surface area contributed by atoms with E-state index in [4.69, 9.17) is 18.6 Å². The fourth-order valence-corrected chi connectivity index (χ4v) is 4.93. The van der Waals surface area contributed by atoms with Crippen LogP contribution in [-0.4, -0.2) is 55.0 Å². The second-order valence-corrected chi connectivity index (χ2v) is 10.2. The van der Waals surface area contributed by atoms with Crippen molar-refractivity contribution in [2.24, 2.45) is 0 Å². The second kappa shape index (κ2) is 13.1. The number of nitrogens with one attached hydrogen (secondary N) is 4. The average molecular weight is 607 g/mol. The fourth-order valence-electron chi connectivity index (χ4n) is 4.93. The van der Waals surface area contributed by atoms with Gasteiger partial charge in [0.15, 0.2) is 0 Å². The number of hydrogen-bond acceptors (Lipinski definition) is 8. The summed E-state index contributed by atoms with van der Waals surface area (Å²) in [5.41, 5.74) is 1.76. The Morgan fingerprint density at radius 3 is 0.778 bits per heavy atom. The Kier molecular flexibility index (Phi) is 8.66. The Morgan fingerprint density at radius 1 is 0.378 bits per heavy atom. The van der Waals surface area contributed by atoms with E-state index in [0.717, 1.165) is 0 Å². The van der Waals surface area contributed by atoms with Gasteiger partial charge in [0.2, 0.25) is 0 Å². The van der Waals surface area contributed by atoms with Crippen LogP contribution in [0.4, 0.5) is 22.7 Å². The number of hydrogen-bond donors (Lipinski definition) is 4. The summed E-state index contributed by atoms with van der Waals surface area (Å²) >= 11 is 0. The summed E-state index contributed by atoms with van der Waals surface area (Å²) in [5.74, 6) is -2.93. The van der Waals surface area contributed by atoms with Crippen LogP contribution in [0.1, 0.15) is 0 Å². The third kappa shape index (κ3) is 6.92. The van der Waals surface area contributed by atoms with Gasteiger partial charge < -0.3 is 39.9 Å². The minimum atomic E-state index is -3.43. The predicted octanol–water partition coefficient (Wildman–Crippen LogP) is 3.54. The van der Waals surface area contributed by atoms with Crippen molar-refractivity contribution in [1.82, 2.24) is 0 Å². The van der Waals surface area contributed by atoms with E-state index in [1.165, 1.54) is 0 Å². The predicted molar refractivity (Wildman–Crippen MR) is 166 cm³/mol. The van der Waals surface area contributed by atoms with Gasteiger partial charge in [-0.05, 0) is 48.5 Å². The molecule has 0 radical (unpaired) electrons. The summed E-state index contributed by atoms with van der Waals surface area (Å²) in [4.78, 5) is 53.9. The first-order valence-corrected chi connectivity index (χ1v) is 14.2. The lowest BCUT2D eigenvalue weighted by Gasteiger charge is -2.29. The molecule has 12 nitrogen and oxygen atoms in total. The molecule has 2 aliphatic rings. The van der Waals surface area contributed by atoms with E-state index in [2.05, 4.69) is 21.3 Å². The van der Waals surface area contributed by atoms with Crippen LogP contribution in [0.25, 0.3) is 0 Å². The number of carbonyl (C=O) groups is 4. The largest absolute Gasteiger partial charge is 0.533 e. The summed E-state index contributed by atoms with van der Waals surface area (Å²) < 4.78 is 23.8. The van der Waals surface area contributed by atoms with Crippen LogP contribution in [0.2, 0.25) is 0 Å². The zero-order valence-corrected chi connectivity index (χ0v) is 23.7. The van der Waals surface area contributed by atoms with Gasteiger partial charge in [0.05, 0.1) is 0 Å². The lowest BCUT2D eigenvalue weighted by molar-refractivity contribution is -0.131. The molecule has 2 heterocycles. The quantitative estimate of drug-likeness (QED) is 0.222. The number of carbonyl (C=O) groups excluding carboxylic acids is 4.